The van der Waals surface area contributed by atoms with Crippen molar-refractivity contribution < 1.29 is 23.1 Å². The van der Waals surface area contributed by atoms with Crippen LogP contribution in [-0.2, 0) is 12.6 Å². The van der Waals surface area contributed by atoms with Crippen LogP contribution in [-0.4, -0.2) is 20.9 Å². The molecule has 1 aromatic carbocycles. The summed E-state index contributed by atoms with van der Waals surface area (Å²) in [5.74, 6) is -1.51. The average Bonchev–Trinajstić information content (AvgIpc) is 2.45. The highest BCUT2D eigenvalue weighted by molar-refractivity contribution is 9.10. The molecular weight excluding hydrogens is 381 g/mol. The van der Waals surface area contributed by atoms with Crippen LogP contribution in [0.2, 0.25) is 0 Å². The van der Waals surface area contributed by atoms with Crippen LogP contribution in [0.5, 0.6) is 0 Å². The maximum absolute atomic E-state index is 13.2. The molecule has 5 nitrogen and oxygen atoms in total. The molecule has 0 saturated carbocycles. The van der Waals surface area contributed by atoms with Gasteiger partial charge in [0, 0.05) is 4.47 Å². The van der Waals surface area contributed by atoms with Crippen molar-refractivity contribution in [3.63, 3.8) is 0 Å². The van der Waals surface area contributed by atoms with Gasteiger partial charge in [0.05, 0.1) is 23.1 Å². The molecule has 0 spiro atoms. The van der Waals surface area contributed by atoms with Crippen LogP contribution in [0.3, 0.4) is 0 Å². The molecule has 0 fully saturated rings. The molecule has 0 aliphatic carbocycles. The normalized spacial score (nSPS) is 11.5. The van der Waals surface area contributed by atoms with Gasteiger partial charge in [-0.2, -0.15) is 18.3 Å². The molecule has 0 aliphatic heterocycles. The first-order chi connectivity index (χ1) is 10.7. The summed E-state index contributed by atoms with van der Waals surface area (Å²) in [5, 5.41) is 12.8. The number of rotatable bonds is 3. The molecule has 2 aromatic rings. The SMILES string of the molecule is CCc1c(C(=O)O)c(=O)cnn1-c1ccc(Br)cc1C(F)(F)F. The van der Waals surface area contributed by atoms with Crippen molar-refractivity contribution in [2.75, 3.05) is 0 Å². The van der Waals surface area contributed by atoms with E-state index in [0.717, 1.165) is 16.8 Å². The zero-order valence-corrected chi connectivity index (χ0v) is 13.3. The van der Waals surface area contributed by atoms with E-state index < -0.39 is 28.7 Å². The number of hydrogen-bond donors (Lipinski definition) is 1. The smallest absolute Gasteiger partial charge is 0.418 e. The van der Waals surface area contributed by atoms with Gasteiger partial charge in [-0.1, -0.05) is 22.9 Å². The Bertz CT molecular complexity index is 831. The first-order valence-electron chi connectivity index (χ1n) is 6.38. The second-order valence-electron chi connectivity index (χ2n) is 4.56. The van der Waals surface area contributed by atoms with Gasteiger partial charge in [0.25, 0.3) is 0 Å². The van der Waals surface area contributed by atoms with Crippen molar-refractivity contribution in [1.29, 1.82) is 0 Å². The molecule has 0 atom stereocenters. The molecule has 0 unspecified atom stereocenters. The lowest BCUT2D eigenvalue weighted by Gasteiger charge is -2.18. The van der Waals surface area contributed by atoms with Crippen molar-refractivity contribution in [2.24, 2.45) is 0 Å². The third-order valence-electron chi connectivity index (χ3n) is 3.12. The van der Waals surface area contributed by atoms with Gasteiger partial charge in [-0.15, -0.1) is 0 Å². The number of carboxylic acid groups (broad SMARTS) is 1. The minimum absolute atomic E-state index is 0.0259. The molecule has 2 rings (SSSR count). The predicted octanol–water partition coefficient (Wildman–Crippen LogP) is 3.27. The van der Waals surface area contributed by atoms with Crippen LogP contribution < -0.4 is 5.43 Å². The molecule has 23 heavy (non-hydrogen) atoms. The molecule has 122 valence electrons. The predicted molar refractivity (Wildman–Crippen MR) is 78.9 cm³/mol. The monoisotopic (exact) mass is 390 g/mol. The molecule has 0 amide bonds. The molecule has 1 aromatic heterocycles. The highest BCUT2D eigenvalue weighted by Gasteiger charge is 2.35. The third kappa shape index (κ3) is 3.29. The molecule has 0 bridgehead atoms. The Hall–Kier alpha value is -2.16. The van der Waals surface area contributed by atoms with E-state index in [9.17, 15) is 22.8 Å². The minimum atomic E-state index is -4.67. The molecular formula is C14H10BrF3N2O3. The fourth-order valence-electron chi connectivity index (χ4n) is 2.18. The number of aromatic nitrogens is 2. The largest absolute Gasteiger partial charge is 0.477 e. The second-order valence-corrected chi connectivity index (χ2v) is 5.48. The minimum Gasteiger partial charge on any atom is -0.477 e. The zero-order valence-electron chi connectivity index (χ0n) is 11.7. The summed E-state index contributed by atoms with van der Waals surface area (Å²) >= 11 is 2.97. The van der Waals surface area contributed by atoms with Crippen LogP contribution in [0.4, 0.5) is 13.2 Å². The second kappa shape index (κ2) is 6.15. The molecule has 1 N–H and O–H groups in total. The fourth-order valence-corrected chi connectivity index (χ4v) is 2.54. The van der Waals surface area contributed by atoms with Crippen molar-refractivity contribution in [2.45, 2.75) is 19.5 Å². The maximum atomic E-state index is 13.2. The van der Waals surface area contributed by atoms with E-state index >= 15 is 0 Å². The molecule has 1 heterocycles. The van der Waals surface area contributed by atoms with Gasteiger partial charge in [0.15, 0.2) is 0 Å². The lowest BCUT2D eigenvalue weighted by Crippen LogP contribution is -2.25. The Morgan fingerprint density at radius 2 is 2.04 bits per heavy atom. The van der Waals surface area contributed by atoms with Gasteiger partial charge in [-0.3, -0.25) is 4.79 Å². The van der Waals surface area contributed by atoms with E-state index in [1.54, 1.807) is 0 Å². The number of nitrogens with zero attached hydrogens (tertiary/aromatic N) is 2. The van der Waals surface area contributed by atoms with Gasteiger partial charge >= 0.3 is 12.1 Å². The lowest BCUT2D eigenvalue weighted by molar-refractivity contribution is -0.137. The topological polar surface area (TPSA) is 72.2 Å². The van der Waals surface area contributed by atoms with Gasteiger partial charge in [-0.25, -0.2) is 9.48 Å². The number of halogens is 4. The Labute approximate surface area is 136 Å². The van der Waals surface area contributed by atoms with Crippen LogP contribution >= 0.6 is 15.9 Å². The Morgan fingerprint density at radius 1 is 1.39 bits per heavy atom. The van der Waals surface area contributed by atoms with E-state index in [1.807, 2.05) is 0 Å². The Morgan fingerprint density at radius 3 is 2.57 bits per heavy atom. The number of carbonyl (C=O) groups is 1. The maximum Gasteiger partial charge on any atom is 0.418 e. The van der Waals surface area contributed by atoms with Crippen molar-refractivity contribution in [1.82, 2.24) is 9.78 Å². The molecule has 0 saturated heterocycles. The van der Waals surface area contributed by atoms with Crippen molar-refractivity contribution in [3.8, 4) is 5.69 Å². The van der Waals surface area contributed by atoms with E-state index in [0.29, 0.717) is 6.20 Å². The van der Waals surface area contributed by atoms with Gasteiger partial charge in [0.2, 0.25) is 5.43 Å². The highest BCUT2D eigenvalue weighted by Crippen LogP contribution is 2.35. The summed E-state index contributed by atoms with van der Waals surface area (Å²) in [4.78, 5) is 22.9. The van der Waals surface area contributed by atoms with Gasteiger partial charge < -0.3 is 5.11 Å². The summed E-state index contributed by atoms with van der Waals surface area (Å²) < 4.78 is 40.8. The number of aromatic carboxylic acids is 1. The van der Waals surface area contributed by atoms with E-state index in [2.05, 4.69) is 21.0 Å². The van der Waals surface area contributed by atoms with Crippen LogP contribution in [0.1, 0.15) is 28.5 Å². The van der Waals surface area contributed by atoms with Crippen molar-refractivity contribution in [3.05, 3.63) is 55.9 Å². The summed E-state index contributed by atoms with van der Waals surface area (Å²) in [5.41, 5.74) is -2.87. The van der Waals surface area contributed by atoms with Crippen molar-refractivity contribution >= 4 is 21.9 Å². The van der Waals surface area contributed by atoms with E-state index in [1.165, 1.54) is 13.0 Å². The van der Waals surface area contributed by atoms with Gasteiger partial charge in [0.1, 0.15) is 5.56 Å². The molecule has 9 heteroatoms. The summed E-state index contributed by atoms with van der Waals surface area (Å²) in [7, 11) is 0. The Balaban J connectivity index is 2.86. The quantitative estimate of drug-likeness (QED) is 0.872. The highest BCUT2D eigenvalue weighted by atomic mass is 79.9. The van der Waals surface area contributed by atoms with Crippen LogP contribution in [0.15, 0.2) is 33.7 Å². The fraction of sp³-hybridized carbons (Fsp3) is 0.214. The van der Waals surface area contributed by atoms with E-state index in [4.69, 9.17) is 5.11 Å². The first-order valence-corrected chi connectivity index (χ1v) is 7.17. The van der Waals surface area contributed by atoms with Crippen LogP contribution in [0.25, 0.3) is 5.69 Å². The number of carboxylic acids is 1. The average molecular weight is 391 g/mol. The number of hydrogen-bond acceptors (Lipinski definition) is 3. The summed E-state index contributed by atoms with van der Waals surface area (Å²) in [6.07, 6.45) is -3.94. The lowest BCUT2D eigenvalue weighted by atomic mass is 10.1. The summed E-state index contributed by atoms with van der Waals surface area (Å²) in [6.45, 7) is 1.53. The van der Waals surface area contributed by atoms with E-state index in [-0.39, 0.29) is 22.3 Å². The van der Waals surface area contributed by atoms with Crippen LogP contribution in [0, 0.1) is 0 Å². The number of alkyl halides is 3. The molecule has 0 aliphatic rings. The van der Waals surface area contributed by atoms with Gasteiger partial charge in [-0.05, 0) is 24.6 Å². The third-order valence-corrected chi connectivity index (χ3v) is 3.62. The number of benzene rings is 1. The zero-order chi connectivity index (χ0) is 17.4. The Kier molecular flexibility index (Phi) is 4.60. The molecule has 0 radical (unpaired) electrons. The summed E-state index contributed by atoms with van der Waals surface area (Å²) in [6, 6.07) is 3.41. The standard InChI is InChI=1S/C14H10BrF3N2O3/c1-2-9-12(13(22)23)11(21)6-19-20(9)10-4-3-7(15)5-8(10)14(16,17)18/h3-6H,2H2,1H3,(H,22,23). The first kappa shape index (κ1) is 17.2.